The van der Waals surface area contributed by atoms with Gasteiger partial charge >= 0.3 is 0 Å². The summed E-state index contributed by atoms with van der Waals surface area (Å²) in [7, 11) is 1.52. The number of ether oxygens (including phenoxy) is 2. The second-order valence-electron chi connectivity index (χ2n) is 6.91. The van der Waals surface area contributed by atoms with Gasteiger partial charge in [-0.2, -0.15) is 10.1 Å². The standard InChI is InChI=1S/C21H21N5O4/c1-13-3-6-15(7-4-13)24-20(28)11-30-17-8-5-14(9-18(17)29-2)16-10-19(27)25-21-22-12-23-26(16)21/h3-9,12,16H,10-11H2,1-2H3,(H,24,28)(H,22,23,25,27)/t16-/m1/s1. The summed E-state index contributed by atoms with van der Waals surface area (Å²) in [6, 6.07) is 12.5. The highest BCUT2D eigenvalue weighted by molar-refractivity contribution is 5.92. The van der Waals surface area contributed by atoms with Crippen LogP contribution in [0.5, 0.6) is 11.5 Å². The van der Waals surface area contributed by atoms with Gasteiger partial charge in [0.25, 0.3) is 5.91 Å². The van der Waals surface area contributed by atoms with Crippen molar-refractivity contribution in [3.8, 4) is 11.5 Å². The lowest BCUT2D eigenvalue weighted by Gasteiger charge is -2.24. The first-order valence-corrected chi connectivity index (χ1v) is 9.40. The Morgan fingerprint density at radius 1 is 1.23 bits per heavy atom. The van der Waals surface area contributed by atoms with E-state index in [0.29, 0.717) is 23.1 Å². The molecule has 0 saturated carbocycles. The Hall–Kier alpha value is -3.88. The monoisotopic (exact) mass is 407 g/mol. The largest absolute Gasteiger partial charge is 0.493 e. The molecule has 1 aliphatic rings. The van der Waals surface area contributed by atoms with E-state index in [1.165, 1.54) is 13.4 Å². The first-order valence-electron chi connectivity index (χ1n) is 9.40. The summed E-state index contributed by atoms with van der Waals surface area (Å²) in [6.07, 6.45) is 1.63. The number of nitrogens with zero attached hydrogens (tertiary/aromatic N) is 3. The molecule has 2 N–H and O–H groups in total. The van der Waals surface area contributed by atoms with Crippen LogP contribution < -0.4 is 20.1 Å². The summed E-state index contributed by atoms with van der Waals surface area (Å²) in [5.41, 5.74) is 2.64. The van der Waals surface area contributed by atoms with Gasteiger partial charge in [-0.1, -0.05) is 23.8 Å². The minimum absolute atomic E-state index is 0.132. The first-order chi connectivity index (χ1) is 14.5. The lowest BCUT2D eigenvalue weighted by molar-refractivity contribution is -0.118. The molecule has 1 aromatic heterocycles. The number of benzene rings is 2. The van der Waals surface area contributed by atoms with E-state index in [4.69, 9.17) is 9.47 Å². The average Bonchev–Trinajstić information content (AvgIpc) is 3.21. The summed E-state index contributed by atoms with van der Waals surface area (Å²) in [5.74, 6) is 0.889. The Bertz CT molecular complexity index is 1080. The minimum Gasteiger partial charge on any atom is -0.493 e. The highest BCUT2D eigenvalue weighted by Crippen LogP contribution is 2.34. The molecular weight excluding hydrogens is 386 g/mol. The molecular formula is C21H21N5O4. The molecule has 2 amide bonds. The maximum atomic E-state index is 12.2. The number of anilines is 2. The van der Waals surface area contributed by atoms with Crippen molar-refractivity contribution in [2.45, 2.75) is 19.4 Å². The molecule has 0 unspecified atom stereocenters. The zero-order valence-corrected chi connectivity index (χ0v) is 16.6. The van der Waals surface area contributed by atoms with Gasteiger partial charge < -0.3 is 14.8 Å². The van der Waals surface area contributed by atoms with E-state index in [1.807, 2.05) is 37.3 Å². The molecule has 30 heavy (non-hydrogen) atoms. The molecule has 2 heterocycles. The summed E-state index contributed by atoms with van der Waals surface area (Å²) >= 11 is 0. The normalized spacial score (nSPS) is 15.1. The van der Waals surface area contributed by atoms with E-state index in [-0.39, 0.29) is 30.9 Å². The van der Waals surface area contributed by atoms with Gasteiger partial charge in [0, 0.05) is 5.69 Å². The van der Waals surface area contributed by atoms with Crippen molar-refractivity contribution >= 4 is 23.5 Å². The van der Waals surface area contributed by atoms with Crippen LogP contribution in [0, 0.1) is 6.92 Å². The summed E-state index contributed by atoms with van der Waals surface area (Å²) in [4.78, 5) is 28.2. The molecule has 0 bridgehead atoms. The molecule has 1 atom stereocenters. The number of nitrogens with one attached hydrogen (secondary N) is 2. The third-order valence-corrected chi connectivity index (χ3v) is 4.76. The number of hydrogen-bond acceptors (Lipinski definition) is 6. The fourth-order valence-corrected chi connectivity index (χ4v) is 3.25. The maximum Gasteiger partial charge on any atom is 0.262 e. The summed E-state index contributed by atoms with van der Waals surface area (Å²) in [6.45, 7) is 1.82. The third kappa shape index (κ3) is 4.09. The predicted molar refractivity (Wildman–Crippen MR) is 110 cm³/mol. The fraction of sp³-hybridized carbons (Fsp3) is 0.238. The molecule has 0 fully saturated rings. The molecule has 0 spiro atoms. The second-order valence-corrected chi connectivity index (χ2v) is 6.91. The molecule has 154 valence electrons. The van der Waals surface area contributed by atoms with Crippen LogP contribution in [0.4, 0.5) is 11.6 Å². The number of amides is 2. The second kappa shape index (κ2) is 8.24. The van der Waals surface area contributed by atoms with Crippen LogP contribution in [0.3, 0.4) is 0 Å². The van der Waals surface area contributed by atoms with Gasteiger partial charge in [-0.25, -0.2) is 4.68 Å². The number of carbonyl (C=O) groups is 2. The van der Waals surface area contributed by atoms with Gasteiger partial charge in [0.1, 0.15) is 6.33 Å². The molecule has 0 aliphatic carbocycles. The number of aromatic nitrogens is 3. The predicted octanol–water partition coefficient (Wildman–Crippen LogP) is 2.54. The Labute approximate surface area is 173 Å². The molecule has 2 aromatic carbocycles. The zero-order chi connectivity index (χ0) is 21.1. The van der Waals surface area contributed by atoms with Crippen molar-refractivity contribution in [3.63, 3.8) is 0 Å². The van der Waals surface area contributed by atoms with Crippen LogP contribution >= 0.6 is 0 Å². The average molecular weight is 407 g/mol. The van der Waals surface area contributed by atoms with E-state index in [9.17, 15) is 9.59 Å². The highest BCUT2D eigenvalue weighted by Gasteiger charge is 2.28. The molecule has 9 nitrogen and oxygen atoms in total. The van der Waals surface area contributed by atoms with Crippen LogP contribution in [0.2, 0.25) is 0 Å². The van der Waals surface area contributed by atoms with Gasteiger partial charge in [-0.05, 0) is 36.8 Å². The van der Waals surface area contributed by atoms with Crippen molar-refractivity contribution in [3.05, 3.63) is 59.9 Å². The number of methoxy groups -OCH3 is 1. The molecule has 4 rings (SSSR count). The molecule has 0 saturated heterocycles. The number of rotatable bonds is 6. The van der Waals surface area contributed by atoms with E-state index in [1.54, 1.807) is 16.8 Å². The molecule has 9 heteroatoms. The Morgan fingerprint density at radius 3 is 2.80 bits per heavy atom. The minimum atomic E-state index is -0.302. The van der Waals surface area contributed by atoms with E-state index in [0.717, 1.165) is 11.1 Å². The Kier molecular flexibility index (Phi) is 5.34. The number of aryl methyl sites for hydroxylation is 1. The highest BCUT2D eigenvalue weighted by atomic mass is 16.5. The van der Waals surface area contributed by atoms with Crippen molar-refractivity contribution in [1.82, 2.24) is 14.8 Å². The summed E-state index contributed by atoms with van der Waals surface area (Å²) in [5, 5.41) is 9.67. The van der Waals surface area contributed by atoms with Gasteiger partial charge in [0.15, 0.2) is 18.1 Å². The van der Waals surface area contributed by atoms with Crippen LogP contribution in [0.15, 0.2) is 48.8 Å². The van der Waals surface area contributed by atoms with Crippen LogP contribution in [-0.2, 0) is 9.59 Å². The number of hydrogen-bond donors (Lipinski definition) is 2. The smallest absolute Gasteiger partial charge is 0.262 e. The number of fused-ring (bicyclic) bond motifs is 1. The van der Waals surface area contributed by atoms with E-state index < -0.39 is 0 Å². The van der Waals surface area contributed by atoms with E-state index in [2.05, 4.69) is 20.7 Å². The van der Waals surface area contributed by atoms with Crippen LogP contribution in [0.1, 0.15) is 23.6 Å². The van der Waals surface area contributed by atoms with Gasteiger partial charge in [-0.15, -0.1) is 0 Å². The number of carbonyl (C=O) groups excluding carboxylic acids is 2. The zero-order valence-electron chi connectivity index (χ0n) is 16.6. The van der Waals surface area contributed by atoms with E-state index >= 15 is 0 Å². The Morgan fingerprint density at radius 2 is 2.03 bits per heavy atom. The molecule has 1 aliphatic heterocycles. The molecule has 3 aromatic rings. The van der Waals surface area contributed by atoms with Crippen molar-refractivity contribution < 1.29 is 19.1 Å². The van der Waals surface area contributed by atoms with Crippen molar-refractivity contribution in [1.29, 1.82) is 0 Å². The third-order valence-electron chi connectivity index (χ3n) is 4.76. The van der Waals surface area contributed by atoms with Gasteiger partial charge in [0.2, 0.25) is 11.9 Å². The first kappa shape index (κ1) is 19.4. The lowest BCUT2D eigenvalue weighted by atomic mass is 10.0. The van der Waals surface area contributed by atoms with Crippen LogP contribution in [-0.4, -0.2) is 40.3 Å². The summed E-state index contributed by atoms with van der Waals surface area (Å²) < 4.78 is 12.7. The molecule has 0 radical (unpaired) electrons. The van der Waals surface area contributed by atoms with Crippen molar-refractivity contribution in [2.75, 3.05) is 24.4 Å². The van der Waals surface area contributed by atoms with Gasteiger partial charge in [-0.3, -0.25) is 14.9 Å². The SMILES string of the molecule is COc1cc([C@H]2CC(=O)Nc3ncnn32)ccc1OCC(=O)Nc1ccc(C)cc1. The van der Waals surface area contributed by atoms with Crippen molar-refractivity contribution in [2.24, 2.45) is 0 Å². The maximum absolute atomic E-state index is 12.2. The topological polar surface area (TPSA) is 107 Å². The lowest BCUT2D eigenvalue weighted by Crippen LogP contribution is -2.29. The Balaban J connectivity index is 1.46. The van der Waals surface area contributed by atoms with Gasteiger partial charge in [0.05, 0.1) is 19.6 Å². The van der Waals surface area contributed by atoms with Crippen LogP contribution in [0.25, 0.3) is 0 Å². The fourth-order valence-electron chi connectivity index (χ4n) is 3.25. The quantitative estimate of drug-likeness (QED) is 0.650.